The van der Waals surface area contributed by atoms with Crippen LogP contribution < -0.4 is 9.47 Å². The lowest BCUT2D eigenvalue weighted by Crippen LogP contribution is -2.44. The van der Waals surface area contributed by atoms with E-state index in [9.17, 15) is 9.59 Å². The van der Waals surface area contributed by atoms with Gasteiger partial charge >= 0.3 is 0 Å². The molecule has 2 aromatic carbocycles. The summed E-state index contributed by atoms with van der Waals surface area (Å²) in [5.41, 5.74) is 4.95. The molecule has 2 aliphatic carbocycles. The maximum absolute atomic E-state index is 13.9. The Kier molecular flexibility index (Phi) is 8.08. The average molecular weight is 597 g/mol. The molecule has 218 valence electrons. The summed E-state index contributed by atoms with van der Waals surface area (Å²) < 4.78 is 12.2. The summed E-state index contributed by atoms with van der Waals surface area (Å²) in [4.78, 5) is 30.1. The second kappa shape index (κ2) is 11.1. The Morgan fingerprint density at radius 2 is 1.39 bits per heavy atom. The molecule has 1 aliphatic heterocycles. The van der Waals surface area contributed by atoms with Crippen molar-refractivity contribution in [3.63, 3.8) is 0 Å². The van der Waals surface area contributed by atoms with Gasteiger partial charge in [0.25, 0.3) is 0 Å². The lowest BCUT2D eigenvalue weighted by atomic mass is 9.63. The standard InChI is InChI=1S/C34H39Cl2NO4/c1-7-37-24-15-33(3,4)17-26(38)30(24)29(31-25(37)16-34(5,6)18-27(31)39)21-13-23(36)32(28(14-21)40-8-2)41-19-20-9-11-22(35)12-10-20/h9-14,29H,7-8,15-19H2,1-6H3. The third-order valence-electron chi connectivity index (χ3n) is 8.30. The number of hydrogen-bond donors (Lipinski definition) is 0. The number of allylic oxidation sites excluding steroid dienone is 4. The first-order valence-corrected chi connectivity index (χ1v) is 15.2. The molecule has 3 aliphatic rings. The first kappa shape index (κ1) is 29.7. The minimum absolute atomic E-state index is 0.0982. The van der Waals surface area contributed by atoms with E-state index in [1.165, 1.54) is 0 Å². The Balaban J connectivity index is 1.65. The van der Waals surface area contributed by atoms with Gasteiger partial charge in [0.2, 0.25) is 0 Å². The number of hydrogen-bond acceptors (Lipinski definition) is 5. The Hall–Kier alpha value is -2.76. The van der Waals surface area contributed by atoms with Gasteiger partial charge < -0.3 is 14.4 Å². The zero-order valence-corrected chi connectivity index (χ0v) is 26.3. The highest BCUT2D eigenvalue weighted by Crippen LogP contribution is 2.55. The van der Waals surface area contributed by atoms with Crippen molar-refractivity contribution in [2.45, 2.75) is 79.8 Å². The predicted octanol–water partition coefficient (Wildman–Crippen LogP) is 8.68. The van der Waals surface area contributed by atoms with E-state index in [1.54, 1.807) is 0 Å². The Morgan fingerprint density at radius 3 is 1.90 bits per heavy atom. The quantitative estimate of drug-likeness (QED) is 0.320. The Morgan fingerprint density at radius 1 is 0.829 bits per heavy atom. The van der Waals surface area contributed by atoms with Crippen LogP contribution in [0, 0.1) is 10.8 Å². The number of ketones is 2. The normalized spacial score (nSPS) is 20.2. The third-order valence-corrected chi connectivity index (χ3v) is 8.83. The molecule has 0 saturated carbocycles. The van der Waals surface area contributed by atoms with Gasteiger partial charge in [0.1, 0.15) is 6.61 Å². The Labute approximate surface area is 253 Å². The summed E-state index contributed by atoms with van der Waals surface area (Å²) in [6.07, 6.45) is 2.43. The van der Waals surface area contributed by atoms with Crippen molar-refractivity contribution in [1.82, 2.24) is 4.90 Å². The van der Waals surface area contributed by atoms with Gasteiger partial charge in [-0.15, -0.1) is 0 Å². The summed E-state index contributed by atoms with van der Waals surface area (Å²) in [6, 6.07) is 11.2. The van der Waals surface area contributed by atoms with Crippen LogP contribution in [0.5, 0.6) is 11.5 Å². The topological polar surface area (TPSA) is 55.8 Å². The summed E-state index contributed by atoms with van der Waals surface area (Å²) >= 11 is 13.0. The molecule has 0 bridgehead atoms. The molecule has 5 rings (SSSR count). The second-order valence-electron chi connectivity index (χ2n) is 13.0. The maximum Gasteiger partial charge on any atom is 0.180 e. The van der Waals surface area contributed by atoms with Crippen LogP contribution in [-0.4, -0.2) is 29.6 Å². The summed E-state index contributed by atoms with van der Waals surface area (Å²) in [5.74, 6) is 0.645. The van der Waals surface area contributed by atoms with Crippen molar-refractivity contribution >= 4 is 34.8 Å². The van der Waals surface area contributed by atoms with Crippen LogP contribution in [0.15, 0.2) is 58.9 Å². The molecule has 0 unspecified atom stereocenters. The fraction of sp³-hybridized carbons (Fsp3) is 0.471. The monoisotopic (exact) mass is 595 g/mol. The number of carbonyl (C=O) groups excluding carboxylic acids is 2. The van der Waals surface area contributed by atoms with Crippen molar-refractivity contribution < 1.29 is 19.1 Å². The number of halogens is 2. The van der Waals surface area contributed by atoms with Crippen LogP contribution >= 0.6 is 23.2 Å². The summed E-state index contributed by atoms with van der Waals surface area (Å²) in [7, 11) is 0. The van der Waals surface area contributed by atoms with Crippen molar-refractivity contribution in [3.05, 3.63) is 80.1 Å². The molecular formula is C34H39Cl2NO4. The molecule has 0 aromatic heterocycles. The molecule has 2 aromatic rings. The van der Waals surface area contributed by atoms with Crippen molar-refractivity contribution in [2.75, 3.05) is 13.2 Å². The van der Waals surface area contributed by atoms with Crippen LogP contribution in [0.25, 0.3) is 0 Å². The maximum atomic E-state index is 13.9. The molecule has 0 N–H and O–H groups in total. The van der Waals surface area contributed by atoms with Gasteiger partial charge in [-0.05, 0) is 72.9 Å². The minimum atomic E-state index is -0.489. The van der Waals surface area contributed by atoms with E-state index >= 15 is 0 Å². The molecule has 0 radical (unpaired) electrons. The number of rotatable bonds is 7. The molecule has 0 saturated heterocycles. The molecule has 1 heterocycles. The number of carbonyl (C=O) groups is 2. The average Bonchev–Trinajstić information content (AvgIpc) is 2.87. The van der Waals surface area contributed by atoms with E-state index in [1.807, 2.05) is 43.3 Å². The molecule has 0 spiro atoms. The third kappa shape index (κ3) is 5.81. The zero-order valence-electron chi connectivity index (χ0n) is 24.8. The highest BCUT2D eigenvalue weighted by Gasteiger charge is 2.48. The molecular weight excluding hydrogens is 557 g/mol. The smallest absolute Gasteiger partial charge is 0.180 e. The number of ether oxygens (including phenoxy) is 2. The Bertz CT molecular complexity index is 1400. The largest absolute Gasteiger partial charge is 0.490 e. The van der Waals surface area contributed by atoms with Gasteiger partial charge in [0.15, 0.2) is 23.1 Å². The van der Waals surface area contributed by atoms with Crippen molar-refractivity contribution in [2.24, 2.45) is 10.8 Å². The summed E-state index contributed by atoms with van der Waals surface area (Å²) in [6.45, 7) is 14.0. The predicted molar refractivity (Wildman–Crippen MR) is 164 cm³/mol. The molecule has 7 heteroatoms. The van der Waals surface area contributed by atoms with E-state index in [0.717, 1.165) is 46.5 Å². The molecule has 41 heavy (non-hydrogen) atoms. The minimum Gasteiger partial charge on any atom is -0.490 e. The van der Waals surface area contributed by atoms with Crippen LogP contribution in [-0.2, 0) is 16.2 Å². The van der Waals surface area contributed by atoms with Crippen molar-refractivity contribution in [1.29, 1.82) is 0 Å². The van der Waals surface area contributed by atoms with E-state index in [4.69, 9.17) is 32.7 Å². The SMILES string of the molecule is CCOc1cc(C2C3=C(CC(C)(C)CC3=O)N(CC)C3=C2C(=O)CC(C)(C)C3)cc(Cl)c1OCc1ccc(Cl)cc1. The van der Waals surface area contributed by atoms with Gasteiger partial charge in [-0.1, -0.05) is 63.0 Å². The van der Waals surface area contributed by atoms with Gasteiger partial charge in [0.05, 0.1) is 11.6 Å². The first-order valence-electron chi connectivity index (χ1n) is 14.5. The molecule has 0 atom stereocenters. The van der Waals surface area contributed by atoms with Crippen LogP contribution in [0.4, 0.5) is 0 Å². The number of benzene rings is 2. The van der Waals surface area contributed by atoms with E-state index in [-0.39, 0.29) is 29.0 Å². The van der Waals surface area contributed by atoms with E-state index in [2.05, 4.69) is 39.5 Å². The lowest BCUT2D eigenvalue weighted by molar-refractivity contribution is -0.119. The first-order chi connectivity index (χ1) is 19.3. The molecule has 0 amide bonds. The van der Waals surface area contributed by atoms with Crippen LogP contribution in [0.1, 0.15) is 84.3 Å². The number of nitrogens with zero attached hydrogens (tertiary/aromatic N) is 1. The highest BCUT2D eigenvalue weighted by atomic mass is 35.5. The highest BCUT2D eigenvalue weighted by molar-refractivity contribution is 6.32. The molecule has 5 nitrogen and oxygen atoms in total. The van der Waals surface area contributed by atoms with Crippen LogP contribution in [0.2, 0.25) is 10.0 Å². The zero-order chi connectivity index (χ0) is 29.7. The van der Waals surface area contributed by atoms with Gasteiger partial charge in [-0.2, -0.15) is 0 Å². The molecule has 0 fully saturated rings. The van der Waals surface area contributed by atoms with Crippen LogP contribution in [0.3, 0.4) is 0 Å². The fourth-order valence-electron chi connectivity index (χ4n) is 6.66. The summed E-state index contributed by atoms with van der Waals surface area (Å²) in [5, 5.41) is 1.04. The van der Waals surface area contributed by atoms with Crippen molar-refractivity contribution in [3.8, 4) is 11.5 Å². The lowest BCUT2D eigenvalue weighted by Gasteiger charge is -2.49. The van der Waals surface area contributed by atoms with Gasteiger partial charge in [0, 0.05) is 52.9 Å². The fourth-order valence-corrected chi connectivity index (χ4v) is 7.06. The van der Waals surface area contributed by atoms with Gasteiger partial charge in [-0.3, -0.25) is 9.59 Å². The van der Waals surface area contributed by atoms with Gasteiger partial charge in [-0.25, -0.2) is 0 Å². The second-order valence-corrected chi connectivity index (χ2v) is 13.8. The van der Waals surface area contributed by atoms with E-state index in [0.29, 0.717) is 47.5 Å². The van der Waals surface area contributed by atoms with E-state index < -0.39 is 5.92 Å². The number of Topliss-reactive ketones (excluding diaryl/α,β-unsaturated/α-hetero) is 2.